The van der Waals surface area contributed by atoms with Crippen molar-refractivity contribution >= 4 is 5.97 Å². The molecule has 0 aliphatic carbocycles. The molecule has 6 nitrogen and oxygen atoms in total. The Bertz CT molecular complexity index is 687. The predicted octanol–water partition coefficient (Wildman–Crippen LogP) is 2.22. The van der Waals surface area contributed by atoms with E-state index in [0.29, 0.717) is 23.8 Å². The van der Waals surface area contributed by atoms with Crippen molar-refractivity contribution < 1.29 is 19.4 Å². The van der Waals surface area contributed by atoms with Gasteiger partial charge in [-0.1, -0.05) is 13.0 Å². The van der Waals surface area contributed by atoms with Crippen LogP contribution in [0, 0.1) is 0 Å². The van der Waals surface area contributed by atoms with E-state index in [1.165, 1.54) is 6.33 Å². The predicted molar refractivity (Wildman–Crippen MR) is 73.7 cm³/mol. The highest BCUT2D eigenvalue weighted by molar-refractivity contribution is 5.74. The first-order chi connectivity index (χ1) is 10.2. The number of carboxylic acids is 1. The van der Waals surface area contributed by atoms with Crippen molar-refractivity contribution in [2.24, 2.45) is 0 Å². The SMILES string of the molecule is CCc1cc(Oc2ccc3c(c2)OC(C(=O)O)C3)ncn1. The van der Waals surface area contributed by atoms with Crippen LogP contribution >= 0.6 is 0 Å². The fourth-order valence-corrected chi connectivity index (χ4v) is 2.16. The van der Waals surface area contributed by atoms with Crippen molar-refractivity contribution in [3.05, 3.63) is 41.9 Å². The topological polar surface area (TPSA) is 81.5 Å². The molecule has 0 saturated carbocycles. The molecule has 0 saturated heterocycles. The molecule has 6 heteroatoms. The molecule has 3 rings (SSSR count). The first-order valence-corrected chi connectivity index (χ1v) is 6.67. The highest BCUT2D eigenvalue weighted by atomic mass is 16.5. The maximum Gasteiger partial charge on any atom is 0.345 e. The first kappa shape index (κ1) is 13.4. The Hall–Kier alpha value is -2.63. The molecule has 2 heterocycles. The van der Waals surface area contributed by atoms with Crippen molar-refractivity contribution in [2.45, 2.75) is 25.9 Å². The summed E-state index contributed by atoms with van der Waals surface area (Å²) in [7, 11) is 0. The highest BCUT2D eigenvalue weighted by Gasteiger charge is 2.29. The van der Waals surface area contributed by atoms with E-state index in [0.717, 1.165) is 17.7 Å². The third-order valence-corrected chi connectivity index (χ3v) is 3.27. The van der Waals surface area contributed by atoms with Crippen LogP contribution in [-0.2, 0) is 17.6 Å². The third-order valence-electron chi connectivity index (χ3n) is 3.27. The highest BCUT2D eigenvalue weighted by Crippen LogP contribution is 2.33. The van der Waals surface area contributed by atoms with Gasteiger partial charge in [-0.25, -0.2) is 14.8 Å². The fourth-order valence-electron chi connectivity index (χ4n) is 2.16. The summed E-state index contributed by atoms with van der Waals surface area (Å²) < 4.78 is 11.0. The lowest BCUT2D eigenvalue weighted by molar-refractivity contribution is -0.144. The van der Waals surface area contributed by atoms with Crippen LogP contribution in [0.5, 0.6) is 17.4 Å². The zero-order valence-electron chi connectivity index (χ0n) is 11.4. The number of benzene rings is 1. The van der Waals surface area contributed by atoms with Crippen molar-refractivity contribution in [1.29, 1.82) is 0 Å². The number of ether oxygens (including phenoxy) is 2. The van der Waals surface area contributed by atoms with Gasteiger partial charge in [0.15, 0.2) is 6.10 Å². The van der Waals surface area contributed by atoms with E-state index in [-0.39, 0.29) is 0 Å². The molecule has 0 spiro atoms. The van der Waals surface area contributed by atoms with Gasteiger partial charge in [0, 0.05) is 24.2 Å². The van der Waals surface area contributed by atoms with Crippen LogP contribution in [0.1, 0.15) is 18.2 Å². The van der Waals surface area contributed by atoms with Crippen LogP contribution in [0.4, 0.5) is 0 Å². The molecule has 1 aromatic heterocycles. The minimum Gasteiger partial charge on any atom is -0.478 e. The number of carboxylic acid groups (broad SMARTS) is 1. The van der Waals surface area contributed by atoms with Crippen molar-refractivity contribution in [3.8, 4) is 17.4 Å². The number of nitrogens with zero attached hydrogens (tertiary/aromatic N) is 2. The summed E-state index contributed by atoms with van der Waals surface area (Å²) in [5.41, 5.74) is 1.76. The van der Waals surface area contributed by atoms with Crippen LogP contribution in [0.25, 0.3) is 0 Å². The van der Waals surface area contributed by atoms with Gasteiger partial charge in [-0.2, -0.15) is 0 Å². The Morgan fingerprint density at radius 1 is 1.43 bits per heavy atom. The zero-order valence-corrected chi connectivity index (χ0v) is 11.4. The lowest BCUT2D eigenvalue weighted by Crippen LogP contribution is -2.24. The Morgan fingerprint density at radius 3 is 3.05 bits per heavy atom. The van der Waals surface area contributed by atoms with Crippen LogP contribution in [-0.4, -0.2) is 27.1 Å². The van der Waals surface area contributed by atoms with Crippen LogP contribution in [0.3, 0.4) is 0 Å². The van der Waals surface area contributed by atoms with Gasteiger partial charge in [0.05, 0.1) is 0 Å². The second-order valence-electron chi connectivity index (χ2n) is 4.72. The van der Waals surface area contributed by atoms with E-state index in [1.807, 2.05) is 13.0 Å². The molecule has 0 bridgehead atoms. The third kappa shape index (κ3) is 2.79. The van der Waals surface area contributed by atoms with Gasteiger partial charge in [0.2, 0.25) is 5.88 Å². The molecular formula is C15H14N2O4. The van der Waals surface area contributed by atoms with Gasteiger partial charge < -0.3 is 14.6 Å². The molecule has 1 aromatic carbocycles. The molecule has 1 aliphatic rings. The molecule has 0 amide bonds. The van der Waals surface area contributed by atoms with Gasteiger partial charge in [0.1, 0.15) is 17.8 Å². The standard InChI is InChI=1S/C15H14N2O4/c1-2-10-6-14(17-8-16-10)20-11-4-3-9-5-13(15(18)19)21-12(9)7-11/h3-4,6-8,13H,2,5H2,1H3,(H,18,19). The molecule has 1 atom stereocenters. The summed E-state index contributed by atoms with van der Waals surface area (Å²) in [6.07, 6.45) is 1.81. The average Bonchev–Trinajstić information content (AvgIpc) is 2.91. The molecule has 1 aliphatic heterocycles. The lowest BCUT2D eigenvalue weighted by atomic mass is 10.1. The van der Waals surface area contributed by atoms with Gasteiger partial charge in [-0.15, -0.1) is 0 Å². The Kier molecular flexibility index (Phi) is 3.43. The molecule has 2 aromatic rings. The molecule has 1 unspecified atom stereocenters. The molecule has 21 heavy (non-hydrogen) atoms. The quantitative estimate of drug-likeness (QED) is 0.928. The van der Waals surface area contributed by atoms with Gasteiger partial charge in [0.25, 0.3) is 0 Å². The Labute approximate surface area is 121 Å². The van der Waals surface area contributed by atoms with Gasteiger partial charge >= 0.3 is 5.97 Å². The normalized spacial score (nSPS) is 16.1. The van der Waals surface area contributed by atoms with E-state index in [9.17, 15) is 4.79 Å². The van der Waals surface area contributed by atoms with E-state index < -0.39 is 12.1 Å². The van der Waals surface area contributed by atoms with Crippen LogP contribution < -0.4 is 9.47 Å². The average molecular weight is 286 g/mol. The number of aryl methyl sites for hydroxylation is 1. The number of aromatic nitrogens is 2. The Balaban J connectivity index is 1.79. The van der Waals surface area contributed by atoms with E-state index in [4.69, 9.17) is 14.6 Å². The minimum atomic E-state index is -0.961. The van der Waals surface area contributed by atoms with Crippen molar-refractivity contribution in [3.63, 3.8) is 0 Å². The summed E-state index contributed by atoms with van der Waals surface area (Å²) in [5, 5.41) is 8.97. The van der Waals surface area contributed by atoms with Crippen molar-refractivity contribution in [2.75, 3.05) is 0 Å². The summed E-state index contributed by atoms with van der Waals surface area (Å²) in [6, 6.07) is 7.05. The molecule has 0 radical (unpaired) electrons. The van der Waals surface area contributed by atoms with Gasteiger partial charge in [-0.05, 0) is 18.1 Å². The summed E-state index contributed by atoms with van der Waals surface area (Å²) in [5.74, 6) is 0.594. The molecule has 1 N–H and O–H groups in total. The number of hydrogen-bond acceptors (Lipinski definition) is 5. The fraction of sp³-hybridized carbons (Fsp3) is 0.267. The number of fused-ring (bicyclic) bond motifs is 1. The van der Waals surface area contributed by atoms with E-state index in [2.05, 4.69) is 9.97 Å². The number of aliphatic carboxylic acids is 1. The lowest BCUT2D eigenvalue weighted by Gasteiger charge is -2.07. The Morgan fingerprint density at radius 2 is 2.29 bits per heavy atom. The first-order valence-electron chi connectivity index (χ1n) is 6.67. The van der Waals surface area contributed by atoms with E-state index in [1.54, 1.807) is 18.2 Å². The molecule has 0 fully saturated rings. The second kappa shape index (κ2) is 5.40. The summed E-state index contributed by atoms with van der Waals surface area (Å²) in [4.78, 5) is 19.1. The largest absolute Gasteiger partial charge is 0.478 e. The smallest absolute Gasteiger partial charge is 0.345 e. The molecule has 108 valence electrons. The minimum absolute atomic E-state index is 0.373. The summed E-state index contributed by atoms with van der Waals surface area (Å²) >= 11 is 0. The van der Waals surface area contributed by atoms with Gasteiger partial charge in [-0.3, -0.25) is 0 Å². The maximum atomic E-state index is 10.9. The number of hydrogen-bond donors (Lipinski definition) is 1. The van der Waals surface area contributed by atoms with E-state index >= 15 is 0 Å². The summed E-state index contributed by atoms with van der Waals surface area (Å²) in [6.45, 7) is 2.00. The zero-order chi connectivity index (χ0) is 14.8. The monoisotopic (exact) mass is 286 g/mol. The maximum absolute atomic E-state index is 10.9. The van der Waals surface area contributed by atoms with Crippen LogP contribution in [0.2, 0.25) is 0 Å². The molecular weight excluding hydrogens is 272 g/mol. The van der Waals surface area contributed by atoms with Crippen LogP contribution in [0.15, 0.2) is 30.6 Å². The number of carbonyl (C=O) groups is 1. The number of rotatable bonds is 4. The second-order valence-corrected chi connectivity index (χ2v) is 4.72. The van der Waals surface area contributed by atoms with Crippen molar-refractivity contribution in [1.82, 2.24) is 9.97 Å².